The molecule has 30 heavy (non-hydrogen) atoms. The summed E-state index contributed by atoms with van der Waals surface area (Å²) in [6.45, 7) is 8.15. The summed E-state index contributed by atoms with van der Waals surface area (Å²) in [5.74, 6) is 1.62. The molecule has 9 heteroatoms. The van der Waals surface area contributed by atoms with Gasteiger partial charge in [0.1, 0.15) is 11.4 Å². The Balaban J connectivity index is 1.51. The topological polar surface area (TPSA) is 100 Å². The Morgan fingerprint density at radius 1 is 1.30 bits per heavy atom. The standard InChI is InChI=1S/C21H34N6O3/c1-21(28,18-15-25-26(2)16-18)17-24-20(23-8-6-19-5-3-12-30-19)22-7-4-9-27-10-13-29-14-11-27/h3,5,12,15-16,28H,4,6-11,13-14,17H2,1-2H3,(H2,22,23,24). The number of aromatic nitrogens is 2. The van der Waals surface area contributed by atoms with Crippen molar-refractivity contribution in [1.82, 2.24) is 25.3 Å². The summed E-state index contributed by atoms with van der Waals surface area (Å²) in [7, 11) is 1.83. The first kappa shape index (κ1) is 22.3. The van der Waals surface area contributed by atoms with Crippen LogP contribution in [-0.4, -0.2) is 78.2 Å². The molecule has 3 heterocycles. The van der Waals surface area contributed by atoms with Crippen LogP contribution in [0.4, 0.5) is 0 Å². The molecule has 0 saturated carbocycles. The van der Waals surface area contributed by atoms with E-state index in [1.165, 1.54) is 0 Å². The van der Waals surface area contributed by atoms with Crippen LogP contribution in [0.2, 0.25) is 0 Å². The monoisotopic (exact) mass is 418 g/mol. The Morgan fingerprint density at radius 2 is 2.10 bits per heavy atom. The van der Waals surface area contributed by atoms with Gasteiger partial charge in [0.15, 0.2) is 5.96 Å². The smallest absolute Gasteiger partial charge is 0.191 e. The van der Waals surface area contributed by atoms with Crippen molar-refractivity contribution >= 4 is 5.96 Å². The van der Waals surface area contributed by atoms with Gasteiger partial charge in [-0.25, -0.2) is 4.99 Å². The molecule has 0 aliphatic carbocycles. The predicted molar refractivity (Wildman–Crippen MR) is 115 cm³/mol. The van der Waals surface area contributed by atoms with Gasteiger partial charge >= 0.3 is 0 Å². The van der Waals surface area contributed by atoms with Crippen LogP contribution in [0.1, 0.15) is 24.7 Å². The molecule has 2 aromatic rings. The highest BCUT2D eigenvalue weighted by Gasteiger charge is 2.24. The molecule has 1 fully saturated rings. The normalized spacial score (nSPS) is 17.6. The summed E-state index contributed by atoms with van der Waals surface area (Å²) in [4.78, 5) is 7.04. The van der Waals surface area contributed by atoms with Crippen LogP contribution in [0.5, 0.6) is 0 Å². The molecular weight excluding hydrogens is 384 g/mol. The number of nitrogens with one attached hydrogen (secondary N) is 2. The van der Waals surface area contributed by atoms with Crippen LogP contribution >= 0.6 is 0 Å². The van der Waals surface area contributed by atoms with Crippen LogP contribution in [0.25, 0.3) is 0 Å². The van der Waals surface area contributed by atoms with Crippen LogP contribution in [-0.2, 0) is 23.8 Å². The number of ether oxygens (including phenoxy) is 1. The molecule has 2 aromatic heterocycles. The average Bonchev–Trinajstić information content (AvgIpc) is 3.42. The minimum Gasteiger partial charge on any atom is -0.469 e. The molecule has 1 saturated heterocycles. The molecule has 0 radical (unpaired) electrons. The van der Waals surface area contributed by atoms with Crippen molar-refractivity contribution < 1.29 is 14.3 Å². The Morgan fingerprint density at radius 3 is 2.80 bits per heavy atom. The van der Waals surface area contributed by atoms with Gasteiger partial charge in [-0.3, -0.25) is 9.58 Å². The number of nitrogens with zero attached hydrogens (tertiary/aromatic N) is 4. The summed E-state index contributed by atoms with van der Waals surface area (Å²) in [6, 6.07) is 3.85. The molecule has 1 aliphatic heterocycles. The highest BCUT2D eigenvalue weighted by atomic mass is 16.5. The van der Waals surface area contributed by atoms with Gasteiger partial charge in [-0.1, -0.05) is 0 Å². The van der Waals surface area contributed by atoms with Gasteiger partial charge in [-0.05, 0) is 32.0 Å². The number of hydrogen-bond donors (Lipinski definition) is 3. The lowest BCUT2D eigenvalue weighted by Crippen LogP contribution is -2.42. The summed E-state index contributed by atoms with van der Waals surface area (Å²) in [5, 5.41) is 21.7. The third-order valence-electron chi connectivity index (χ3n) is 5.16. The lowest BCUT2D eigenvalue weighted by molar-refractivity contribution is 0.0376. The number of aryl methyl sites for hydroxylation is 1. The fourth-order valence-corrected chi connectivity index (χ4v) is 3.29. The van der Waals surface area contributed by atoms with Crippen molar-refractivity contribution in [1.29, 1.82) is 0 Å². The molecule has 9 nitrogen and oxygen atoms in total. The molecule has 1 aliphatic rings. The zero-order valence-electron chi connectivity index (χ0n) is 18.0. The number of hydrogen-bond acceptors (Lipinski definition) is 6. The quantitative estimate of drug-likeness (QED) is 0.297. The van der Waals surface area contributed by atoms with Crippen LogP contribution < -0.4 is 10.6 Å². The Bertz CT molecular complexity index is 766. The highest BCUT2D eigenvalue weighted by Crippen LogP contribution is 2.19. The second-order valence-electron chi connectivity index (χ2n) is 7.83. The predicted octanol–water partition coefficient (Wildman–Crippen LogP) is 0.721. The highest BCUT2D eigenvalue weighted by molar-refractivity contribution is 5.79. The average molecular weight is 419 g/mol. The minimum atomic E-state index is -1.09. The molecule has 0 amide bonds. The molecule has 166 valence electrons. The summed E-state index contributed by atoms with van der Waals surface area (Å²) in [6.07, 6.45) is 6.95. The van der Waals surface area contributed by atoms with E-state index in [9.17, 15) is 5.11 Å². The Kier molecular flexibility index (Phi) is 8.30. The second kappa shape index (κ2) is 11.1. The van der Waals surface area contributed by atoms with Gasteiger partial charge in [0.05, 0.1) is 32.2 Å². The maximum absolute atomic E-state index is 10.8. The largest absolute Gasteiger partial charge is 0.469 e. The van der Waals surface area contributed by atoms with Gasteiger partial charge in [0.25, 0.3) is 0 Å². The third-order valence-corrected chi connectivity index (χ3v) is 5.16. The van der Waals surface area contributed by atoms with Gasteiger partial charge in [-0.15, -0.1) is 0 Å². The first-order chi connectivity index (χ1) is 14.5. The lowest BCUT2D eigenvalue weighted by Gasteiger charge is -2.26. The zero-order chi connectivity index (χ0) is 21.2. The Labute approximate surface area is 178 Å². The van der Waals surface area contributed by atoms with E-state index >= 15 is 0 Å². The van der Waals surface area contributed by atoms with E-state index in [-0.39, 0.29) is 6.54 Å². The van der Waals surface area contributed by atoms with Gasteiger partial charge in [0.2, 0.25) is 0 Å². The summed E-state index contributed by atoms with van der Waals surface area (Å²) >= 11 is 0. The van der Waals surface area contributed by atoms with Crippen molar-refractivity contribution in [2.75, 3.05) is 52.5 Å². The molecule has 1 unspecified atom stereocenters. The Hall–Kier alpha value is -2.36. The van der Waals surface area contributed by atoms with Crippen molar-refractivity contribution in [3.63, 3.8) is 0 Å². The number of aliphatic hydroxyl groups is 1. The molecule has 0 spiro atoms. The number of furan rings is 1. The number of guanidine groups is 1. The first-order valence-corrected chi connectivity index (χ1v) is 10.6. The molecule has 1 atom stereocenters. The van der Waals surface area contributed by atoms with Crippen molar-refractivity contribution in [3.8, 4) is 0 Å². The van der Waals surface area contributed by atoms with E-state index in [1.54, 1.807) is 24.1 Å². The SMILES string of the molecule is Cn1cc(C(C)(O)CN=C(NCCCN2CCOCC2)NCCc2ccco2)cn1. The molecule has 0 aromatic carbocycles. The van der Waals surface area contributed by atoms with E-state index in [0.717, 1.165) is 63.6 Å². The van der Waals surface area contributed by atoms with Crippen LogP contribution in [0.3, 0.4) is 0 Å². The van der Waals surface area contributed by atoms with E-state index in [1.807, 2.05) is 25.4 Å². The first-order valence-electron chi connectivity index (χ1n) is 10.6. The summed E-state index contributed by atoms with van der Waals surface area (Å²) < 4.78 is 12.5. The zero-order valence-corrected chi connectivity index (χ0v) is 18.0. The maximum Gasteiger partial charge on any atom is 0.191 e. The summed E-state index contributed by atoms with van der Waals surface area (Å²) in [5.41, 5.74) is -0.339. The van der Waals surface area contributed by atoms with Gasteiger partial charge in [0, 0.05) is 51.4 Å². The van der Waals surface area contributed by atoms with Crippen molar-refractivity contribution in [3.05, 3.63) is 42.1 Å². The second-order valence-corrected chi connectivity index (χ2v) is 7.83. The molecule has 3 rings (SSSR count). The number of aliphatic imine (C=N–C) groups is 1. The van der Waals surface area contributed by atoms with E-state index < -0.39 is 5.60 Å². The number of rotatable bonds is 10. The van der Waals surface area contributed by atoms with Gasteiger partial charge in [-0.2, -0.15) is 5.10 Å². The molecular formula is C21H34N6O3. The molecule has 3 N–H and O–H groups in total. The van der Waals surface area contributed by atoms with E-state index in [4.69, 9.17) is 9.15 Å². The van der Waals surface area contributed by atoms with Crippen molar-refractivity contribution in [2.45, 2.75) is 25.4 Å². The maximum atomic E-state index is 10.8. The molecule has 0 bridgehead atoms. The fourth-order valence-electron chi connectivity index (χ4n) is 3.29. The van der Waals surface area contributed by atoms with E-state index in [0.29, 0.717) is 12.5 Å². The minimum absolute atomic E-state index is 0.234. The van der Waals surface area contributed by atoms with E-state index in [2.05, 4.69) is 25.6 Å². The van der Waals surface area contributed by atoms with Crippen LogP contribution in [0.15, 0.2) is 40.2 Å². The van der Waals surface area contributed by atoms with Crippen LogP contribution in [0, 0.1) is 0 Å². The lowest BCUT2D eigenvalue weighted by atomic mass is 10.0. The number of morpholine rings is 1. The van der Waals surface area contributed by atoms with Gasteiger partial charge < -0.3 is 24.9 Å². The third kappa shape index (κ3) is 7.16. The fraction of sp³-hybridized carbons (Fsp3) is 0.619. The van der Waals surface area contributed by atoms with Crippen molar-refractivity contribution in [2.24, 2.45) is 12.0 Å².